The summed E-state index contributed by atoms with van der Waals surface area (Å²) in [6.45, 7) is 5.47. The molecule has 2 aliphatic heterocycles. The Morgan fingerprint density at radius 3 is 2.61 bits per heavy atom. The van der Waals surface area contributed by atoms with Crippen LogP contribution in [0.2, 0.25) is 5.02 Å². The van der Waals surface area contributed by atoms with Gasteiger partial charge in [0, 0.05) is 54.3 Å². The first-order valence-corrected chi connectivity index (χ1v) is 16.2. The Morgan fingerprint density at radius 2 is 1.93 bits per heavy atom. The lowest BCUT2D eigenvalue weighted by Gasteiger charge is -2.49. The minimum Gasteiger partial charge on any atom is -0.462 e. The minimum absolute atomic E-state index is 0.0250. The molecule has 1 saturated carbocycles. The summed E-state index contributed by atoms with van der Waals surface area (Å²) in [6.07, 6.45) is 5.94. The number of hydrogen-bond donors (Lipinski definition) is 0. The van der Waals surface area contributed by atoms with E-state index in [4.69, 9.17) is 26.3 Å². The van der Waals surface area contributed by atoms with Gasteiger partial charge in [0.15, 0.2) is 12.0 Å². The molecule has 1 unspecified atom stereocenters. The van der Waals surface area contributed by atoms with Gasteiger partial charge in [-0.1, -0.05) is 36.7 Å². The van der Waals surface area contributed by atoms with Gasteiger partial charge >= 0.3 is 6.01 Å². The SMILES string of the molecule is C=C(F)C(=O)N1CCN(c2nc(OC[C@@H]3CCN3C3CCC3)nc3c2CC[C@@]2(CCc4c(Cl)cccc42)C3F)C[C@@H]1CC#N. The third kappa shape index (κ3) is 4.83. The number of carbonyl (C=O) groups excluding carboxylic acids is 1. The van der Waals surface area contributed by atoms with Gasteiger partial charge in [-0.15, -0.1) is 0 Å². The molecule has 1 spiro atoms. The summed E-state index contributed by atoms with van der Waals surface area (Å²) in [5, 5.41) is 10.2. The van der Waals surface area contributed by atoms with E-state index in [0.29, 0.717) is 61.0 Å². The predicted molar refractivity (Wildman–Crippen MR) is 162 cm³/mol. The number of anilines is 1. The van der Waals surface area contributed by atoms with E-state index in [9.17, 15) is 14.4 Å². The Labute approximate surface area is 261 Å². The largest absolute Gasteiger partial charge is 0.462 e. The number of carbonyl (C=O) groups is 1. The molecule has 232 valence electrons. The van der Waals surface area contributed by atoms with Crippen molar-refractivity contribution in [2.75, 3.05) is 37.7 Å². The highest BCUT2D eigenvalue weighted by Gasteiger charge is 2.51. The zero-order valence-electron chi connectivity index (χ0n) is 24.8. The zero-order chi connectivity index (χ0) is 30.6. The van der Waals surface area contributed by atoms with E-state index in [1.54, 1.807) is 0 Å². The molecule has 5 aliphatic rings. The Balaban J connectivity index is 1.22. The van der Waals surface area contributed by atoms with E-state index >= 15 is 4.39 Å². The second kappa shape index (κ2) is 11.6. The number of benzene rings is 1. The first-order valence-electron chi connectivity index (χ1n) is 15.8. The number of ether oxygens (including phenoxy) is 1. The number of rotatable bonds is 7. The molecule has 7 rings (SSSR count). The summed E-state index contributed by atoms with van der Waals surface area (Å²) < 4.78 is 37.1. The van der Waals surface area contributed by atoms with E-state index in [2.05, 4.69) is 17.5 Å². The third-order valence-electron chi connectivity index (χ3n) is 10.8. The lowest BCUT2D eigenvalue weighted by molar-refractivity contribution is -0.131. The van der Waals surface area contributed by atoms with Crippen LogP contribution in [0.4, 0.5) is 14.6 Å². The maximum absolute atomic E-state index is 17.1. The molecular weight excluding hydrogens is 586 g/mol. The van der Waals surface area contributed by atoms with Crippen molar-refractivity contribution in [2.24, 2.45) is 0 Å². The number of fused-ring (bicyclic) bond motifs is 3. The van der Waals surface area contributed by atoms with Gasteiger partial charge in [-0.2, -0.15) is 15.2 Å². The summed E-state index contributed by atoms with van der Waals surface area (Å²) >= 11 is 6.55. The Kier molecular flexibility index (Phi) is 7.74. The van der Waals surface area contributed by atoms with Gasteiger partial charge < -0.3 is 14.5 Å². The number of piperazine rings is 1. The molecule has 0 N–H and O–H groups in total. The fourth-order valence-electron chi connectivity index (χ4n) is 8.03. The normalized spacial score (nSPS) is 28.1. The molecule has 3 fully saturated rings. The molecule has 44 heavy (non-hydrogen) atoms. The van der Waals surface area contributed by atoms with Gasteiger partial charge in [-0.05, 0) is 62.1 Å². The number of nitrogens with zero attached hydrogens (tertiary/aromatic N) is 6. The number of hydrogen-bond acceptors (Lipinski definition) is 7. The van der Waals surface area contributed by atoms with Gasteiger partial charge in [-0.25, -0.2) is 8.78 Å². The molecule has 3 aliphatic carbocycles. The van der Waals surface area contributed by atoms with Crippen molar-refractivity contribution in [1.29, 1.82) is 5.26 Å². The van der Waals surface area contributed by atoms with Gasteiger partial charge in [0.05, 0.1) is 24.2 Å². The van der Waals surface area contributed by atoms with Gasteiger partial charge in [0.25, 0.3) is 5.91 Å². The van der Waals surface area contributed by atoms with E-state index in [1.165, 1.54) is 24.2 Å². The smallest absolute Gasteiger partial charge is 0.318 e. The van der Waals surface area contributed by atoms with Crippen molar-refractivity contribution in [3.63, 3.8) is 0 Å². The molecular formula is C33H37ClF2N6O2. The Hall–Kier alpha value is -3.29. The monoisotopic (exact) mass is 622 g/mol. The molecule has 3 heterocycles. The predicted octanol–water partition coefficient (Wildman–Crippen LogP) is 5.39. The summed E-state index contributed by atoms with van der Waals surface area (Å²) in [7, 11) is 0. The van der Waals surface area contributed by atoms with Crippen LogP contribution >= 0.6 is 11.6 Å². The third-order valence-corrected chi connectivity index (χ3v) is 11.1. The number of alkyl halides is 1. The van der Waals surface area contributed by atoms with Gasteiger partial charge in [0.1, 0.15) is 12.4 Å². The molecule has 1 aromatic carbocycles. The first kappa shape index (κ1) is 29.4. The van der Waals surface area contributed by atoms with Gasteiger partial charge in [0.2, 0.25) is 0 Å². The molecule has 2 saturated heterocycles. The molecule has 0 bridgehead atoms. The quantitative estimate of drug-likeness (QED) is 0.383. The van der Waals surface area contributed by atoms with Crippen LogP contribution in [0.15, 0.2) is 30.6 Å². The summed E-state index contributed by atoms with van der Waals surface area (Å²) in [4.78, 5) is 28.0. The van der Waals surface area contributed by atoms with E-state index in [0.717, 1.165) is 36.1 Å². The van der Waals surface area contributed by atoms with E-state index in [-0.39, 0.29) is 25.5 Å². The van der Waals surface area contributed by atoms with Crippen LogP contribution < -0.4 is 9.64 Å². The molecule has 1 aromatic heterocycles. The van der Waals surface area contributed by atoms with Crippen molar-refractivity contribution in [1.82, 2.24) is 19.8 Å². The molecule has 8 nitrogen and oxygen atoms in total. The lowest BCUT2D eigenvalue weighted by atomic mass is 9.68. The van der Waals surface area contributed by atoms with Crippen molar-refractivity contribution in [2.45, 2.75) is 87.5 Å². The fraction of sp³-hybridized carbons (Fsp3) is 0.576. The second-order valence-electron chi connectivity index (χ2n) is 12.9. The van der Waals surface area contributed by atoms with Crippen LogP contribution in [0.5, 0.6) is 6.01 Å². The van der Waals surface area contributed by atoms with Crippen LogP contribution in [0.1, 0.15) is 73.5 Å². The number of aromatic nitrogens is 2. The molecule has 1 amide bonds. The van der Waals surface area contributed by atoms with E-state index in [1.807, 2.05) is 23.1 Å². The average Bonchev–Trinajstić information content (AvgIpc) is 3.36. The van der Waals surface area contributed by atoms with Gasteiger partial charge in [-0.3, -0.25) is 9.69 Å². The summed E-state index contributed by atoms with van der Waals surface area (Å²) in [5.41, 5.74) is 2.34. The molecule has 11 heteroatoms. The molecule has 2 aromatic rings. The zero-order valence-corrected chi connectivity index (χ0v) is 25.5. The Bertz CT molecular complexity index is 1530. The standard InChI is InChI=1S/C33H37ClF2N6O2/c1-20(35)31(43)42-17-16-40(18-22(42)10-14-37)30-25-9-13-33(12-8-24-26(33)6-3-7-27(24)34)29(36)28(25)38-32(39-30)44-19-23-11-15-41(23)21-4-2-5-21/h3,6-7,21-23,29H,1-2,4-5,8-13,15-19H2/t22-,23-,29?,33+/m0/s1. The van der Waals surface area contributed by atoms with Crippen LogP contribution in [-0.2, 0) is 23.1 Å². The van der Waals surface area contributed by atoms with E-state index < -0.39 is 29.4 Å². The van der Waals surface area contributed by atoms with Crippen LogP contribution in [0, 0.1) is 11.3 Å². The van der Waals surface area contributed by atoms with Crippen LogP contribution in [0.3, 0.4) is 0 Å². The van der Waals surface area contributed by atoms with Crippen molar-refractivity contribution < 1.29 is 18.3 Å². The minimum atomic E-state index is -1.38. The lowest BCUT2D eigenvalue weighted by Crippen LogP contribution is -2.57. The fourth-order valence-corrected chi connectivity index (χ4v) is 8.29. The topological polar surface area (TPSA) is 85.6 Å². The van der Waals surface area contributed by atoms with Crippen LogP contribution in [0.25, 0.3) is 0 Å². The first-order chi connectivity index (χ1) is 21.3. The number of nitriles is 1. The van der Waals surface area contributed by atoms with Crippen molar-refractivity contribution >= 4 is 23.3 Å². The maximum atomic E-state index is 17.1. The van der Waals surface area contributed by atoms with Crippen molar-refractivity contribution in [3.05, 3.63) is 58.0 Å². The highest BCUT2D eigenvalue weighted by Crippen LogP contribution is 2.56. The number of likely N-dealkylation sites (tertiary alicyclic amines) is 1. The van der Waals surface area contributed by atoms with Crippen molar-refractivity contribution in [3.8, 4) is 12.1 Å². The van der Waals surface area contributed by atoms with Crippen LogP contribution in [-0.4, -0.2) is 76.6 Å². The molecule has 4 atom stereocenters. The summed E-state index contributed by atoms with van der Waals surface area (Å²) in [6, 6.07) is 8.39. The highest BCUT2D eigenvalue weighted by molar-refractivity contribution is 6.31. The second-order valence-corrected chi connectivity index (χ2v) is 13.3. The Morgan fingerprint density at radius 1 is 1.14 bits per heavy atom. The highest BCUT2D eigenvalue weighted by atomic mass is 35.5. The summed E-state index contributed by atoms with van der Waals surface area (Å²) in [5.74, 6) is -1.28. The molecule has 0 radical (unpaired) electrons. The number of halogens is 3. The number of amides is 1. The average molecular weight is 623 g/mol. The maximum Gasteiger partial charge on any atom is 0.318 e.